The van der Waals surface area contributed by atoms with Crippen LogP contribution >= 0.6 is 0 Å². The number of benzene rings is 10. The minimum absolute atomic E-state index is 0.101. The first-order valence-corrected chi connectivity index (χ1v) is 20.4. The second-order valence-corrected chi connectivity index (χ2v) is 15.5. The molecule has 4 heteroatoms. The molecule has 2 N–H and O–H groups in total. The van der Waals surface area contributed by atoms with Gasteiger partial charge in [-0.3, -0.25) is 5.32 Å². The van der Waals surface area contributed by atoms with Gasteiger partial charge >= 0.3 is 0 Å². The van der Waals surface area contributed by atoms with Crippen molar-refractivity contribution in [2.24, 2.45) is 4.99 Å². The van der Waals surface area contributed by atoms with Crippen LogP contribution < -0.4 is 10.6 Å². The van der Waals surface area contributed by atoms with Gasteiger partial charge in [0.1, 0.15) is 18.2 Å². The SMILES string of the molecule is c1ccc(-c2cc3c4ccccc4c4c(c3c3ccccc23)c2c3ccccc3ccc2n4-c2ccc(C3=NC(c4ccccc4)NC(c4ccccc4)N3)cc2)cc1. The molecule has 1 aliphatic rings. The molecule has 278 valence electrons. The van der Waals surface area contributed by atoms with Crippen LogP contribution in [-0.4, -0.2) is 10.4 Å². The van der Waals surface area contributed by atoms with Crippen molar-refractivity contribution in [3.63, 3.8) is 0 Å². The van der Waals surface area contributed by atoms with Gasteiger partial charge in [0.15, 0.2) is 0 Å². The maximum atomic E-state index is 5.25. The number of hydrogen-bond donors (Lipinski definition) is 2. The first-order valence-electron chi connectivity index (χ1n) is 20.4. The molecule has 0 amide bonds. The Bertz CT molecular complexity index is 3420. The Morgan fingerprint density at radius 1 is 0.424 bits per heavy atom. The van der Waals surface area contributed by atoms with Crippen molar-refractivity contribution in [3.05, 3.63) is 223 Å². The van der Waals surface area contributed by atoms with Gasteiger partial charge in [-0.2, -0.15) is 0 Å². The lowest BCUT2D eigenvalue weighted by molar-refractivity contribution is 0.409. The summed E-state index contributed by atoms with van der Waals surface area (Å²) in [6, 6.07) is 74.7. The fourth-order valence-corrected chi connectivity index (χ4v) is 9.56. The Balaban J connectivity index is 1.13. The molecule has 11 aromatic rings. The largest absolute Gasteiger partial charge is 0.350 e. The lowest BCUT2D eigenvalue weighted by Gasteiger charge is -2.32. The number of aliphatic imine (C=N–C) groups is 1. The Morgan fingerprint density at radius 3 is 1.78 bits per heavy atom. The van der Waals surface area contributed by atoms with Crippen molar-refractivity contribution < 1.29 is 0 Å². The summed E-state index contributed by atoms with van der Waals surface area (Å²) in [5.74, 6) is 0.864. The highest BCUT2D eigenvalue weighted by Gasteiger charge is 2.26. The van der Waals surface area contributed by atoms with E-state index in [1.54, 1.807) is 0 Å². The van der Waals surface area contributed by atoms with Crippen LogP contribution in [0.1, 0.15) is 29.0 Å². The summed E-state index contributed by atoms with van der Waals surface area (Å²) < 4.78 is 2.50. The van der Waals surface area contributed by atoms with E-state index in [0.29, 0.717) is 0 Å². The van der Waals surface area contributed by atoms with E-state index in [1.165, 1.54) is 76.0 Å². The fraction of sp³-hybridized carbons (Fsp3) is 0.0364. The Hall–Kier alpha value is -7.53. The summed E-state index contributed by atoms with van der Waals surface area (Å²) in [5, 5.41) is 20.1. The molecule has 59 heavy (non-hydrogen) atoms. The van der Waals surface area contributed by atoms with E-state index in [9.17, 15) is 0 Å². The Morgan fingerprint density at radius 2 is 1.03 bits per heavy atom. The molecule has 1 aromatic heterocycles. The molecular weight excluding hydrogens is 717 g/mol. The minimum atomic E-state index is -0.195. The second kappa shape index (κ2) is 13.6. The van der Waals surface area contributed by atoms with Gasteiger partial charge in [-0.25, -0.2) is 4.99 Å². The summed E-state index contributed by atoms with van der Waals surface area (Å²) in [6.45, 7) is 0. The van der Waals surface area contributed by atoms with Crippen molar-refractivity contribution in [2.75, 3.05) is 0 Å². The minimum Gasteiger partial charge on any atom is -0.350 e. The summed E-state index contributed by atoms with van der Waals surface area (Å²) in [7, 11) is 0. The summed E-state index contributed by atoms with van der Waals surface area (Å²) in [5.41, 5.74) is 9.31. The molecule has 0 spiro atoms. The number of hydrogen-bond acceptors (Lipinski definition) is 3. The van der Waals surface area contributed by atoms with Crippen LogP contribution in [0, 0.1) is 0 Å². The highest BCUT2D eigenvalue weighted by molar-refractivity contribution is 6.40. The number of nitrogens with one attached hydrogen (secondary N) is 2. The summed E-state index contributed by atoms with van der Waals surface area (Å²) in [4.78, 5) is 5.25. The van der Waals surface area contributed by atoms with Gasteiger partial charge < -0.3 is 9.88 Å². The third-order valence-electron chi connectivity index (χ3n) is 12.2. The number of aromatic nitrogens is 1. The highest BCUT2D eigenvalue weighted by atomic mass is 15.3. The number of fused-ring (bicyclic) bond motifs is 12. The van der Waals surface area contributed by atoms with E-state index in [-0.39, 0.29) is 12.3 Å². The molecule has 0 saturated carbocycles. The van der Waals surface area contributed by atoms with Crippen molar-refractivity contribution in [2.45, 2.75) is 12.3 Å². The van der Waals surface area contributed by atoms with Gasteiger partial charge in [0.2, 0.25) is 0 Å². The average Bonchev–Trinajstić information content (AvgIpc) is 3.68. The third-order valence-corrected chi connectivity index (χ3v) is 12.2. The standard InChI is InChI=1S/C55H38N4/c1-4-16-35(17-5-1)46-34-47-43-25-13-15-27-45(43)52-51(49(47)44-26-14-12-24-42(44)46)50-41-23-11-10-18-36(41)30-33-48(50)59(52)40-31-28-39(29-32-40)55-57-53(37-19-6-2-7-20-37)56-54(58-55)38-21-8-3-9-22-38/h1-34,53-54,56H,(H,57,58). The molecule has 4 nitrogen and oxygen atoms in total. The van der Waals surface area contributed by atoms with Gasteiger partial charge in [-0.05, 0) is 91.0 Å². The van der Waals surface area contributed by atoms with Gasteiger partial charge in [-0.15, -0.1) is 0 Å². The lowest BCUT2D eigenvalue weighted by Crippen LogP contribution is -2.44. The molecule has 2 heterocycles. The van der Waals surface area contributed by atoms with E-state index in [2.05, 4.69) is 221 Å². The van der Waals surface area contributed by atoms with Crippen LogP contribution in [0.3, 0.4) is 0 Å². The van der Waals surface area contributed by atoms with Crippen LogP contribution in [0.4, 0.5) is 0 Å². The smallest absolute Gasteiger partial charge is 0.131 e. The van der Waals surface area contributed by atoms with E-state index < -0.39 is 0 Å². The summed E-state index contributed by atoms with van der Waals surface area (Å²) in [6.07, 6.45) is -0.295. The number of nitrogens with zero attached hydrogens (tertiary/aromatic N) is 2. The maximum absolute atomic E-state index is 5.25. The number of amidine groups is 1. The molecule has 2 atom stereocenters. The Labute approximate surface area is 341 Å². The van der Waals surface area contributed by atoms with Crippen LogP contribution in [0.15, 0.2) is 211 Å². The van der Waals surface area contributed by atoms with E-state index in [0.717, 1.165) is 28.2 Å². The summed E-state index contributed by atoms with van der Waals surface area (Å²) >= 11 is 0. The maximum Gasteiger partial charge on any atom is 0.131 e. The number of rotatable bonds is 5. The molecular formula is C55H38N4. The molecule has 0 bridgehead atoms. The molecule has 0 aliphatic carbocycles. The molecule has 0 radical (unpaired) electrons. The van der Waals surface area contributed by atoms with Crippen LogP contribution in [0.2, 0.25) is 0 Å². The van der Waals surface area contributed by atoms with Gasteiger partial charge in [-0.1, -0.05) is 170 Å². The molecule has 2 unspecified atom stereocenters. The van der Waals surface area contributed by atoms with Crippen LogP contribution in [-0.2, 0) is 0 Å². The monoisotopic (exact) mass is 754 g/mol. The average molecular weight is 755 g/mol. The zero-order valence-corrected chi connectivity index (χ0v) is 32.2. The van der Waals surface area contributed by atoms with Crippen molar-refractivity contribution in [3.8, 4) is 16.8 Å². The Kier molecular flexibility index (Phi) is 7.72. The van der Waals surface area contributed by atoms with Gasteiger partial charge in [0.05, 0.1) is 11.0 Å². The molecule has 10 aromatic carbocycles. The second-order valence-electron chi connectivity index (χ2n) is 15.5. The van der Waals surface area contributed by atoms with Crippen molar-refractivity contribution >= 4 is 70.7 Å². The van der Waals surface area contributed by atoms with Gasteiger partial charge in [0.25, 0.3) is 0 Å². The normalized spacial score (nSPS) is 15.6. The quantitative estimate of drug-likeness (QED) is 0.172. The van der Waals surface area contributed by atoms with E-state index in [4.69, 9.17) is 4.99 Å². The molecule has 0 saturated heterocycles. The third kappa shape index (κ3) is 5.38. The van der Waals surface area contributed by atoms with Crippen LogP contribution in [0.5, 0.6) is 0 Å². The first-order chi connectivity index (χ1) is 29.3. The highest BCUT2D eigenvalue weighted by Crippen LogP contribution is 2.48. The molecule has 1 aliphatic heterocycles. The molecule has 0 fully saturated rings. The topological polar surface area (TPSA) is 41.4 Å². The predicted molar refractivity (Wildman–Crippen MR) is 247 cm³/mol. The predicted octanol–water partition coefficient (Wildman–Crippen LogP) is 13.4. The first kappa shape index (κ1) is 33.6. The van der Waals surface area contributed by atoms with Crippen molar-refractivity contribution in [1.29, 1.82) is 0 Å². The van der Waals surface area contributed by atoms with E-state index >= 15 is 0 Å². The van der Waals surface area contributed by atoms with Gasteiger partial charge in [0, 0.05) is 32.8 Å². The lowest BCUT2D eigenvalue weighted by atomic mass is 9.88. The zero-order chi connectivity index (χ0) is 38.9. The van der Waals surface area contributed by atoms with Crippen LogP contribution in [0.25, 0.3) is 81.7 Å². The van der Waals surface area contributed by atoms with Crippen molar-refractivity contribution in [1.82, 2.24) is 15.2 Å². The van der Waals surface area contributed by atoms with E-state index in [1.807, 2.05) is 0 Å². The molecule has 12 rings (SSSR count). The zero-order valence-electron chi connectivity index (χ0n) is 32.2. The fourth-order valence-electron chi connectivity index (χ4n) is 9.56.